The molecule has 3 N–H and O–H groups in total. The third-order valence-corrected chi connectivity index (χ3v) is 3.29. The van der Waals surface area contributed by atoms with Gasteiger partial charge in [0.15, 0.2) is 0 Å². The van der Waals surface area contributed by atoms with Crippen molar-refractivity contribution in [1.29, 1.82) is 0 Å². The fourth-order valence-electron chi connectivity index (χ4n) is 0.820. The Bertz CT molecular complexity index is 97.4. The predicted molar refractivity (Wildman–Crippen MR) is 52.1 cm³/mol. The summed E-state index contributed by atoms with van der Waals surface area (Å²) in [5.41, 5.74) is 5.53. The first-order valence-electron chi connectivity index (χ1n) is 4.42. The van der Waals surface area contributed by atoms with Crippen LogP contribution >= 0.6 is 0 Å². The highest BCUT2D eigenvalue weighted by Gasteiger charge is 2.11. The molecule has 1 atom stereocenters. The maximum absolute atomic E-state index is 5.53. The number of hydrogen-bond donors (Lipinski definition) is 2. The second-order valence-corrected chi connectivity index (χ2v) is 4.47. The summed E-state index contributed by atoms with van der Waals surface area (Å²) in [7, 11) is -1.48. The molecule has 0 aromatic carbocycles. The van der Waals surface area contributed by atoms with Gasteiger partial charge in [-0.1, -0.05) is 0 Å². The molecule has 5 heteroatoms. The molecular weight excluding hydrogens is 172 g/mol. The molecule has 0 saturated heterocycles. The van der Waals surface area contributed by atoms with E-state index in [1.54, 1.807) is 0 Å². The molecule has 12 heavy (non-hydrogen) atoms. The number of hydrogen-bond acceptors (Lipinski definition) is 4. The largest absolute Gasteiger partial charge is 0.396 e. The highest BCUT2D eigenvalue weighted by atomic mass is 28.3. The van der Waals surface area contributed by atoms with Gasteiger partial charge >= 0.3 is 9.28 Å². The SMILES string of the molecule is CCO[SiH](CNC(C)N)OCC. The molecular formula is C7H20N2O2Si. The lowest BCUT2D eigenvalue weighted by Gasteiger charge is -2.16. The highest BCUT2D eigenvalue weighted by Crippen LogP contribution is 1.88. The minimum atomic E-state index is -1.48. The average molecular weight is 192 g/mol. The fourth-order valence-corrected chi connectivity index (χ4v) is 2.46. The van der Waals surface area contributed by atoms with E-state index in [-0.39, 0.29) is 6.17 Å². The normalized spacial score (nSPS) is 13.8. The summed E-state index contributed by atoms with van der Waals surface area (Å²) in [6.45, 7) is 7.30. The van der Waals surface area contributed by atoms with Crippen LogP contribution in [0.3, 0.4) is 0 Å². The summed E-state index contributed by atoms with van der Waals surface area (Å²) in [4.78, 5) is 0. The minimum Gasteiger partial charge on any atom is -0.396 e. The van der Waals surface area contributed by atoms with Crippen LogP contribution in [0.5, 0.6) is 0 Å². The van der Waals surface area contributed by atoms with Crippen LogP contribution in [0.25, 0.3) is 0 Å². The van der Waals surface area contributed by atoms with Gasteiger partial charge in [0, 0.05) is 19.4 Å². The van der Waals surface area contributed by atoms with Crippen molar-refractivity contribution in [2.75, 3.05) is 19.4 Å². The summed E-state index contributed by atoms with van der Waals surface area (Å²) in [6.07, 6.45) is 0.792. The van der Waals surface area contributed by atoms with Crippen LogP contribution in [0.1, 0.15) is 20.8 Å². The van der Waals surface area contributed by atoms with E-state index in [1.807, 2.05) is 20.8 Å². The Morgan fingerprint density at radius 3 is 2.17 bits per heavy atom. The van der Waals surface area contributed by atoms with E-state index < -0.39 is 9.28 Å². The van der Waals surface area contributed by atoms with E-state index in [4.69, 9.17) is 14.6 Å². The topological polar surface area (TPSA) is 56.5 Å². The Morgan fingerprint density at radius 1 is 1.33 bits per heavy atom. The molecule has 0 aliphatic carbocycles. The van der Waals surface area contributed by atoms with Gasteiger partial charge in [0.2, 0.25) is 0 Å². The van der Waals surface area contributed by atoms with Crippen molar-refractivity contribution >= 4 is 9.28 Å². The zero-order valence-electron chi connectivity index (χ0n) is 8.17. The third kappa shape index (κ3) is 6.75. The Morgan fingerprint density at radius 2 is 1.83 bits per heavy atom. The Hall–Kier alpha value is 0.0569. The molecule has 74 valence electrons. The molecule has 0 aromatic heterocycles. The molecule has 0 aromatic rings. The standard InChI is InChI=1S/C7H20N2O2Si/c1-4-10-12(11-5-2)6-9-7(3)8/h7,9,12H,4-6,8H2,1-3H3. The second-order valence-electron chi connectivity index (χ2n) is 2.54. The molecule has 0 bridgehead atoms. The lowest BCUT2D eigenvalue weighted by atomic mass is 10.6. The van der Waals surface area contributed by atoms with Crippen LogP contribution < -0.4 is 11.1 Å². The van der Waals surface area contributed by atoms with Gasteiger partial charge in [-0.05, 0) is 20.8 Å². The maximum atomic E-state index is 5.53. The van der Waals surface area contributed by atoms with Crippen LogP contribution in [0.4, 0.5) is 0 Å². The Kier molecular flexibility index (Phi) is 7.73. The molecule has 4 nitrogen and oxygen atoms in total. The summed E-state index contributed by atoms with van der Waals surface area (Å²) in [6, 6.07) is 0. The first kappa shape index (κ1) is 12.1. The van der Waals surface area contributed by atoms with E-state index >= 15 is 0 Å². The molecule has 0 saturated carbocycles. The first-order valence-corrected chi connectivity index (χ1v) is 6.18. The van der Waals surface area contributed by atoms with E-state index in [1.165, 1.54) is 0 Å². The zero-order chi connectivity index (χ0) is 9.40. The van der Waals surface area contributed by atoms with Crippen molar-refractivity contribution in [2.45, 2.75) is 26.9 Å². The van der Waals surface area contributed by atoms with E-state index in [0.29, 0.717) is 0 Å². The Balaban J connectivity index is 3.48. The lowest BCUT2D eigenvalue weighted by Crippen LogP contribution is -2.43. The number of nitrogens with two attached hydrogens (primary N) is 1. The molecule has 0 rings (SSSR count). The van der Waals surface area contributed by atoms with Gasteiger partial charge in [-0.15, -0.1) is 0 Å². The number of rotatable bonds is 7. The van der Waals surface area contributed by atoms with Crippen molar-refractivity contribution in [3.8, 4) is 0 Å². The van der Waals surface area contributed by atoms with Crippen molar-refractivity contribution in [1.82, 2.24) is 5.32 Å². The quantitative estimate of drug-likeness (QED) is 0.430. The van der Waals surface area contributed by atoms with Gasteiger partial charge < -0.3 is 19.9 Å². The van der Waals surface area contributed by atoms with Gasteiger partial charge in [0.25, 0.3) is 0 Å². The summed E-state index contributed by atoms with van der Waals surface area (Å²) in [5.74, 6) is 0. The summed E-state index contributed by atoms with van der Waals surface area (Å²) < 4.78 is 10.9. The first-order chi connectivity index (χ1) is 5.70. The van der Waals surface area contributed by atoms with Crippen LogP contribution in [0, 0.1) is 0 Å². The van der Waals surface area contributed by atoms with Gasteiger partial charge in [0.1, 0.15) is 0 Å². The van der Waals surface area contributed by atoms with Gasteiger partial charge in [0.05, 0.1) is 6.17 Å². The van der Waals surface area contributed by atoms with Gasteiger partial charge in [-0.3, -0.25) is 0 Å². The maximum Gasteiger partial charge on any atom is 0.335 e. The van der Waals surface area contributed by atoms with Crippen LogP contribution in [-0.2, 0) is 8.85 Å². The summed E-state index contributed by atoms with van der Waals surface area (Å²) in [5, 5.41) is 3.10. The second kappa shape index (κ2) is 7.69. The van der Waals surface area contributed by atoms with Crippen molar-refractivity contribution in [2.24, 2.45) is 5.73 Å². The molecule has 1 unspecified atom stereocenters. The van der Waals surface area contributed by atoms with Crippen LogP contribution in [0.2, 0.25) is 0 Å². The zero-order valence-corrected chi connectivity index (χ0v) is 9.32. The summed E-state index contributed by atoms with van der Waals surface area (Å²) >= 11 is 0. The van der Waals surface area contributed by atoms with Crippen molar-refractivity contribution in [3.63, 3.8) is 0 Å². The van der Waals surface area contributed by atoms with Crippen LogP contribution in [0.15, 0.2) is 0 Å². The van der Waals surface area contributed by atoms with Crippen LogP contribution in [-0.4, -0.2) is 34.8 Å². The number of nitrogens with one attached hydrogen (secondary N) is 1. The monoisotopic (exact) mass is 192 g/mol. The smallest absolute Gasteiger partial charge is 0.335 e. The fraction of sp³-hybridized carbons (Fsp3) is 1.00. The molecule has 0 spiro atoms. The molecule has 0 aliphatic rings. The molecule has 0 amide bonds. The Labute approximate surface area is 76.3 Å². The highest BCUT2D eigenvalue weighted by molar-refractivity contribution is 6.44. The van der Waals surface area contributed by atoms with Crippen molar-refractivity contribution < 1.29 is 8.85 Å². The van der Waals surface area contributed by atoms with Gasteiger partial charge in [-0.2, -0.15) is 0 Å². The molecule has 0 aliphatic heterocycles. The molecule has 0 fully saturated rings. The van der Waals surface area contributed by atoms with Gasteiger partial charge in [-0.25, -0.2) is 0 Å². The van der Waals surface area contributed by atoms with E-state index in [9.17, 15) is 0 Å². The predicted octanol–water partition coefficient (Wildman–Crippen LogP) is -0.287. The van der Waals surface area contributed by atoms with E-state index in [0.717, 1.165) is 19.4 Å². The average Bonchev–Trinajstić information content (AvgIpc) is 2.01. The lowest BCUT2D eigenvalue weighted by molar-refractivity contribution is 0.210. The van der Waals surface area contributed by atoms with Crippen molar-refractivity contribution in [3.05, 3.63) is 0 Å². The molecule has 0 radical (unpaired) electrons. The third-order valence-electron chi connectivity index (χ3n) is 1.31. The van der Waals surface area contributed by atoms with E-state index in [2.05, 4.69) is 5.32 Å². The molecule has 0 heterocycles. The minimum absolute atomic E-state index is 0.0147.